The van der Waals surface area contributed by atoms with Crippen molar-refractivity contribution in [2.45, 2.75) is 0 Å². The number of benzene rings is 5. The first-order valence-electron chi connectivity index (χ1n) is 13.1. The first-order chi connectivity index (χ1) is 19.9. The fourth-order valence-electron chi connectivity index (χ4n) is 4.66. The van der Waals surface area contributed by atoms with E-state index < -0.39 is 10.0 Å². The summed E-state index contributed by atoms with van der Waals surface area (Å²) in [4.78, 5) is 14.6. The molecule has 5 aromatic carbocycles. The molecule has 1 aromatic heterocycles. The summed E-state index contributed by atoms with van der Waals surface area (Å²) in [6.45, 7) is 0. The molecule has 200 valence electrons. The maximum Gasteiger partial charge on any atom is 0.229 e. The van der Waals surface area contributed by atoms with Crippen LogP contribution in [0, 0.1) is 0 Å². The number of nitrogens with one attached hydrogen (secondary N) is 1. The molecule has 6 aromatic rings. The van der Waals surface area contributed by atoms with Crippen molar-refractivity contribution in [3.05, 3.63) is 133 Å². The monoisotopic (exact) mass is 554 g/mol. The van der Waals surface area contributed by atoms with Gasteiger partial charge in [0.15, 0.2) is 17.5 Å². The van der Waals surface area contributed by atoms with Crippen LogP contribution in [0.4, 0.5) is 5.69 Å². The minimum absolute atomic E-state index is 0.368. The zero-order valence-corrected chi connectivity index (χ0v) is 23.1. The first-order valence-corrected chi connectivity index (χ1v) is 15.0. The summed E-state index contributed by atoms with van der Waals surface area (Å²) in [5, 5.41) is 0. The number of nitrogens with zero attached hydrogens (tertiary/aromatic N) is 3. The Balaban J connectivity index is 1.53. The zero-order chi connectivity index (χ0) is 28.2. The van der Waals surface area contributed by atoms with Gasteiger partial charge in [-0.2, -0.15) is 0 Å². The fraction of sp³-hybridized carbons (Fsp3) is 0.0294. The number of para-hydroxylation sites is 1. The molecule has 0 radical (unpaired) electrons. The first kappa shape index (κ1) is 26.1. The van der Waals surface area contributed by atoms with Gasteiger partial charge in [0, 0.05) is 16.7 Å². The second-order valence-corrected chi connectivity index (χ2v) is 11.4. The van der Waals surface area contributed by atoms with E-state index in [4.69, 9.17) is 15.0 Å². The van der Waals surface area contributed by atoms with Gasteiger partial charge in [-0.1, -0.05) is 109 Å². The lowest BCUT2D eigenvalue weighted by atomic mass is 10.0. The molecule has 41 heavy (non-hydrogen) atoms. The van der Waals surface area contributed by atoms with Crippen molar-refractivity contribution in [1.82, 2.24) is 15.0 Å². The fourth-order valence-corrected chi connectivity index (χ4v) is 5.24. The third-order valence-electron chi connectivity index (χ3n) is 6.55. The third kappa shape index (κ3) is 6.05. The van der Waals surface area contributed by atoms with E-state index in [1.54, 1.807) is 18.2 Å². The molecule has 0 amide bonds. The summed E-state index contributed by atoms with van der Waals surface area (Å²) in [6, 6.07) is 43.5. The molecule has 0 fully saturated rings. The quantitative estimate of drug-likeness (QED) is 0.220. The predicted molar refractivity (Wildman–Crippen MR) is 165 cm³/mol. The molecule has 0 aliphatic carbocycles. The van der Waals surface area contributed by atoms with Gasteiger partial charge in [-0.25, -0.2) is 23.4 Å². The van der Waals surface area contributed by atoms with Gasteiger partial charge in [0.1, 0.15) is 0 Å². The summed E-state index contributed by atoms with van der Waals surface area (Å²) in [5.74, 6) is 1.34. The van der Waals surface area contributed by atoms with Crippen LogP contribution in [0.3, 0.4) is 0 Å². The predicted octanol–water partition coefficient (Wildman–Crippen LogP) is 7.58. The molecule has 0 unspecified atom stereocenters. The Morgan fingerprint density at radius 3 is 1.39 bits per heavy atom. The maximum atomic E-state index is 12.1. The normalized spacial score (nSPS) is 11.2. The molecule has 0 aliphatic rings. The van der Waals surface area contributed by atoms with E-state index >= 15 is 0 Å². The van der Waals surface area contributed by atoms with Crippen molar-refractivity contribution in [1.29, 1.82) is 0 Å². The van der Waals surface area contributed by atoms with Gasteiger partial charge >= 0.3 is 0 Å². The Labute approximate surface area is 239 Å². The highest BCUT2D eigenvalue weighted by Crippen LogP contribution is 2.32. The summed E-state index contributed by atoms with van der Waals surface area (Å²) in [5.41, 5.74) is 6.85. The van der Waals surface area contributed by atoms with Crippen molar-refractivity contribution in [2.24, 2.45) is 0 Å². The van der Waals surface area contributed by atoms with Crippen molar-refractivity contribution in [3.63, 3.8) is 0 Å². The molecule has 1 N–H and O–H groups in total. The van der Waals surface area contributed by atoms with Gasteiger partial charge in [-0.15, -0.1) is 0 Å². The van der Waals surface area contributed by atoms with Gasteiger partial charge in [0.25, 0.3) is 0 Å². The smallest absolute Gasteiger partial charge is 0.229 e. The Kier molecular flexibility index (Phi) is 7.10. The van der Waals surface area contributed by atoms with Crippen LogP contribution in [-0.4, -0.2) is 29.6 Å². The summed E-state index contributed by atoms with van der Waals surface area (Å²) < 4.78 is 26.9. The van der Waals surface area contributed by atoms with Crippen molar-refractivity contribution < 1.29 is 8.42 Å². The molecule has 7 heteroatoms. The van der Waals surface area contributed by atoms with E-state index in [0.29, 0.717) is 28.7 Å². The van der Waals surface area contributed by atoms with Crippen LogP contribution in [0.5, 0.6) is 0 Å². The van der Waals surface area contributed by atoms with Gasteiger partial charge in [0.05, 0.1) is 11.9 Å². The standard InChI is InChI=1S/C34H26N4O2S/c1-41(39,40)38-31-21-9-8-20-30(31)34-36-32(28-18-10-16-26(22-28)24-12-4-2-5-13-24)35-33(37-34)29-19-11-17-27(23-29)25-14-6-3-7-15-25/h2-23,38H,1H3. The lowest BCUT2D eigenvalue weighted by molar-refractivity contribution is 0.607. The van der Waals surface area contributed by atoms with Gasteiger partial charge in [0.2, 0.25) is 10.0 Å². The number of hydrogen-bond acceptors (Lipinski definition) is 5. The number of hydrogen-bond donors (Lipinski definition) is 1. The van der Waals surface area contributed by atoms with Crippen LogP contribution < -0.4 is 4.72 Å². The van der Waals surface area contributed by atoms with Crippen LogP contribution in [0.15, 0.2) is 133 Å². The Morgan fingerprint density at radius 2 is 0.878 bits per heavy atom. The number of rotatable bonds is 7. The largest absolute Gasteiger partial charge is 0.283 e. The average molecular weight is 555 g/mol. The lowest BCUT2D eigenvalue weighted by Gasteiger charge is -2.13. The van der Waals surface area contributed by atoms with Crippen molar-refractivity contribution in [2.75, 3.05) is 11.0 Å². The lowest BCUT2D eigenvalue weighted by Crippen LogP contribution is -2.11. The zero-order valence-electron chi connectivity index (χ0n) is 22.3. The molecule has 1 heterocycles. The van der Waals surface area contributed by atoms with E-state index in [-0.39, 0.29) is 0 Å². The second-order valence-electron chi connectivity index (χ2n) is 9.62. The molecule has 0 spiro atoms. The maximum absolute atomic E-state index is 12.1. The van der Waals surface area contributed by atoms with Crippen molar-refractivity contribution >= 4 is 15.7 Å². The average Bonchev–Trinajstić information content (AvgIpc) is 3.01. The van der Waals surface area contributed by atoms with Gasteiger partial charge in [-0.3, -0.25) is 4.72 Å². The third-order valence-corrected chi connectivity index (χ3v) is 7.15. The minimum atomic E-state index is -3.53. The van der Waals surface area contributed by atoms with Crippen LogP contribution in [0.25, 0.3) is 56.4 Å². The number of sulfonamides is 1. The molecule has 6 nitrogen and oxygen atoms in total. The van der Waals surface area contributed by atoms with Crippen LogP contribution in [0.1, 0.15) is 0 Å². The SMILES string of the molecule is CS(=O)(=O)Nc1ccccc1-c1nc(-c2cccc(-c3ccccc3)c2)nc(-c2cccc(-c3ccccc3)c2)n1. The van der Waals surface area contributed by atoms with Crippen LogP contribution in [0.2, 0.25) is 0 Å². The molecular formula is C34H26N4O2S. The van der Waals surface area contributed by atoms with E-state index in [9.17, 15) is 8.42 Å². The van der Waals surface area contributed by atoms with Crippen molar-refractivity contribution in [3.8, 4) is 56.4 Å². The minimum Gasteiger partial charge on any atom is -0.283 e. The van der Waals surface area contributed by atoms with Gasteiger partial charge < -0.3 is 0 Å². The molecule has 6 rings (SSSR count). The molecule has 0 bridgehead atoms. The van der Waals surface area contributed by atoms with Gasteiger partial charge in [-0.05, 0) is 46.5 Å². The van der Waals surface area contributed by atoms with E-state index in [2.05, 4.69) is 53.3 Å². The Bertz CT molecular complexity index is 1840. The van der Waals surface area contributed by atoms with Crippen LogP contribution >= 0.6 is 0 Å². The Hall–Kier alpha value is -5.14. The molecule has 0 atom stereocenters. The topological polar surface area (TPSA) is 84.8 Å². The highest BCUT2D eigenvalue weighted by atomic mass is 32.2. The second kappa shape index (κ2) is 11.2. The summed E-state index contributed by atoms with van der Waals surface area (Å²) in [7, 11) is -3.53. The molecule has 0 aliphatic heterocycles. The van der Waals surface area contributed by atoms with E-state index in [0.717, 1.165) is 39.6 Å². The van der Waals surface area contributed by atoms with E-state index in [1.807, 2.05) is 66.7 Å². The Morgan fingerprint density at radius 1 is 0.463 bits per heavy atom. The highest BCUT2D eigenvalue weighted by Gasteiger charge is 2.17. The van der Waals surface area contributed by atoms with Crippen LogP contribution in [-0.2, 0) is 10.0 Å². The number of anilines is 1. The molecular weight excluding hydrogens is 528 g/mol. The summed E-state index contributed by atoms with van der Waals surface area (Å²) in [6.07, 6.45) is 1.12. The number of aromatic nitrogens is 3. The highest BCUT2D eigenvalue weighted by molar-refractivity contribution is 7.92. The molecule has 0 saturated heterocycles. The van der Waals surface area contributed by atoms with E-state index in [1.165, 1.54) is 0 Å². The molecule has 0 saturated carbocycles. The summed E-state index contributed by atoms with van der Waals surface area (Å²) >= 11 is 0.